The van der Waals surface area contributed by atoms with Crippen molar-refractivity contribution in [2.45, 2.75) is 0 Å². The molecule has 60 heavy (non-hydrogen) atoms. The fraction of sp³-hybridized carbons (Fsp3) is 0. The number of aromatic nitrogens is 2. The first-order valence-electron chi connectivity index (χ1n) is 20.2. The Labute approximate surface area is 348 Å². The lowest BCUT2D eigenvalue weighted by Gasteiger charge is -2.25. The lowest BCUT2D eigenvalue weighted by Crippen LogP contribution is -2.09. The fourth-order valence-electron chi connectivity index (χ4n) is 8.88. The van der Waals surface area contributed by atoms with E-state index in [0.717, 1.165) is 89.1 Å². The minimum Gasteiger partial charge on any atom is -0.310 e. The van der Waals surface area contributed by atoms with Crippen LogP contribution in [0.4, 0.5) is 34.1 Å². The summed E-state index contributed by atoms with van der Waals surface area (Å²) in [5.41, 5.74) is 13.3. The van der Waals surface area contributed by atoms with E-state index >= 15 is 0 Å². The van der Waals surface area contributed by atoms with Crippen molar-refractivity contribution in [3.63, 3.8) is 0 Å². The normalized spacial score (nSPS) is 11.3. The maximum Gasteiger partial charge on any atom is 0.0992 e. The molecule has 2 heterocycles. The Morgan fingerprint density at radius 3 is 1.08 bits per heavy atom. The summed E-state index contributed by atoms with van der Waals surface area (Å²) >= 11 is 0. The van der Waals surface area contributed by atoms with Crippen molar-refractivity contribution in [1.29, 1.82) is 5.26 Å². The molecule has 5 heteroatoms. The molecule has 0 aliphatic heterocycles. The van der Waals surface area contributed by atoms with Gasteiger partial charge < -0.3 is 18.9 Å². The first kappa shape index (κ1) is 34.9. The summed E-state index contributed by atoms with van der Waals surface area (Å²) < 4.78 is 4.70. The van der Waals surface area contributed by atoms with Crippen molar-refractivity contribution in [2.75, 3.05) is 9.80 Å². The zero-order valence-corrected chi connectivity index (χ0v) is 32.6. The summed E-state index contributed by atoms with van der Waals surface area (Å²) in [5.74, 6) is 0. The van der Waals surface area contributed by atoms with Crippen LogP contribution in [0.2, 0.25) is 0 Å². The molecule has 2 aromatic heterocycles. The minimum absolute atomic E-state index is 0.597. The van der Waals surface area contributed by atoms with E-state index in [1.54, 1.807) is 0 Å². The van der Waals surface area contributed by atoms with Gasteiger partial charge in [-0.2, -0.15) is 5.26 Å². The lowest BCUT2D eigenvalue weighted by atomic mass is 10.1. The maximum atomic E-state index is 10.4. The average Bonchev–Trinajstić information content (AvgIpc) is 3.82. The monoisotopic (exact) mass is 767 g/mol. The van der Waals surface area contributed by atoms with E-state index in [9.17, 15) is 5.26 Å². The van der Waals surface area contributed by atoms with Gasteiger partial charge in [-0.3, -0.25) is 0 Å². The number of hydrogen-bond acceptors (Lipinski definition) is 3. The maximum absolute atomic E-state index is 10.4. The second-order valence-electron chi connectivity index (χ2n) is 14.9. The van der Waals surface area contributed by atoms with Crippen LogP contribution in [0.3, 0.4) is 0 Å². The first-order chi connectivity index (χ1) is 29.7. The molecular formula is C55H37N5. The van der Waals surface area contributed by atoms with Gasteiger partial charge in [-0.05, 0) is 115 Å². The molecule has 11 aromatic rings. The summed E-state index contributed by atoms with van der Waals surface area (Å²) in [6.07, 6.45) is 0. The molecular weight excluding hydrogens is 731 g/mol. The van der Waals surface area contributed by atoms with Gasteiger partial charge in [0.15, 0.2) is 0 Å². The van der Waals surface area contributed by atoms with Crippen LogP contribution in [0.5, 0.6) is 0 Å². The van der Waals surface area contributed by atoms with Crippen LogP contribution in [-0.2, 0) is 0 Å². The molecule has 0 fully saturated rings. The van der Waals surface area contributed by atoms with Crippen molar-refractivity contribution < 1.29 is 0 Å². The number of para-hydroxylation sites is 6. The predicted octanol–water partition coefficient (Wildman–Crippen LogP) is 14.7. The molecule has 0 atom stereocenters. The van der Waals surface area contributed by atoms with E-state index in [2.05, 4.69) is 237 Å². The minimum atomic E-state index is 0.597. The van der Waals surface area contributed by atoms with Gasteiger partial charge in [-0.25, -0.2) is 0 Å². The van der Waals surface area contributed by atoms with Crippen molar-refractivity contribution in [2.24, 2.45) is 0 Å². The third-order valence-electron chi connectivity index (χ3n) is 11.5. The zero-order chi connectivity index (χ0) is 40.0. The third kappa shape index (κ3) is 5.78. The molecule has 0 radical (unpaired) electrons. The van der Waals surface area contributed by atoms with Gasteiger partial charge >= 0.3 is 0 Å². The number of rotatable bonds is 8. The van der Waals surface area contributed by atoms with Crippen LogP contribution in [0.1, 0.15) is 5.56 Å². The fourth-order valence-corrected chi connectivity index (χ4v) is 8.88. The zero-order valence-electron chi connectivity index (χ0n) is 32.6. The third-order valence-corrected chi connectivity index (χ3v) is 11.5. The number of benzene rings is 9. The lowest BCUT2D eigenvalue weighted by molar-refractivity contribution is 1.09. The molecule has 0 N–H and O–H groups in total. The summed E-state index contributed by atoms with van der Waals surface area (Å²) in [5, 5.41) is 14.9. The van der Waals surface area contributed by atoms with Crippen molar-refractivity contribution >= 4 is 77.7 Å². The van der Waals surface area contributed by atoms with Crippen LogP contribution in [0, 0.1) is 11.3 Å². The van der Waals surface area contributed by atoms with Crippen molar-refractivity contribution in [3.05, 3.63) is 230 Å². The smallest absolute Gasteiger partial charge is 0.0992 e. The Hall–Kier alpha value is -8.33. The first-order valence-corrected chi connectivity index (χ1v) is 20.2. The van der Waals surface area contributed by atoms with E-state index in [4.69, 9.17) is 0 Å². The van der Waals surface area contributed by atoms with E-state index in [1.165, 1.54) is 0 Å². The highest BCUT2D eigenvalue weighted by Crippen LogP contribution is 2.43. The highest BCUT2D eigenvalue weighted by Gasteiger charge is 2.22. The van der Waals surface area contributed by atoms with Crippen molar-refractivity contribution in [3.8, 4) is 17.4 Å². The van der Waals surface area contributed by atoms with Crippen LogP contribution in [0.25, 0.3) is 55.0 Å². The molecule has 5 nitrogen and oxygen atoms in total. The largest absolute Gasteiger partial charge is 0.310 e. The summed E-state index contributed by atoms with van der Waals surface area (Å²) in [6.45, 7) is 0. The van der Waals surface area contributed by atoms with Crippen molar-refractivity contribution in [1.82, 2.24) is 9.13 Å². The summed E-state index contributed by atoms with van der Waals surface area (Å²) in [7, 11) is 0. The second kappa shape index (κ2) is 14.6. The second-order valence-corrected chi connectivity index (χ2v) is 14.9. The highest BCUT2D eigenvalue weighted by molar-refractivity contribution is 6.13. The molecule has 0 amide bonds. The van der Waals surface area contributed by atoms with Gasteiger partial charge in [-0.1, -0.05) is 109 Å². The highest BCUT2D eigenvalue weighted by atomic mass is 15.2. The molecule has 0 spiro atoms. The molecule has 0 saturated heterocycles. The van der Waals surface area contributed by atoms with Gasteiger partial charge in [0.25, 0.3) is 0 Å². The summed E-state index contributed by atoms with van der Waals surface area (Å²) in [6, 6.07) is 81.3. The number of nitrogens with zero attached hydrogens (tertiary/aromatic N) is 5. The van der Waals surface area contributed by atoms with Crippen LogP contribution < -0.4 is 9.80 Å². The molecule has 11 rings (SSSR count). The van der Waals surface area contributed by atoms with E-state index < -0.39 is 0 Å². The molecule has 0 unspecified atom stereocenters. The predicted molar refractivity (Wildman–Crippen MR) is 249 cm³/mol. The van der Waals surface area contributed by atoms with E-state index in [1.807, 2.05) is 12.1 Å². The van der Waals surface area contributed by atoms with Crippen LogP contribution in [-0.4, -0.2) is 9.13 Å². The van der Waals surface area contributed by atoms with Gasteiger partial charge in [0.05, 0.1) is 45.1 Å². The molecule has 9 aromatic carbocycles. The molecule has 0 saturated carbocycles. The number of nitriles is 1. The average molecular weight is 768 g/mol. The number of hydrogen-bond donors (Lipinski definition) is 0. The molecule has 0 aliphatic rings. The quantitative estimate of drug-likeness (QED) is 0.155. The van der Waals surface area contributed by atoms with Gasteiger partial charge in [0, 0.05) is 55.7 Å². The molecule has 282 valence electrons. The van der Waals surface area contributed by atoms with Crippen LogP contribution >= 0.6 is 0 Å². The van der Waals surface area contributed by atoms with E-state index in [0.29, 0.717) is 5.56 Å². The Kier molecular flexibility index (Phi) is 8.46. The number of fused-ring (bicyclic) bond motifs is 6. The van der Waals surface area contributed by atoms with Crippen LogP contribution in [0.15, 0.2) is 224 Å². The Morgan fingerprint density at radius 1 is 0.300 bits per heavy atom. The number of anilines is 6. The SMILES string of the molecule is N#Cc1ccc(-n2c3ccccc3c3cc(N(c4ccccc4)c4ccccc4)ccc32)c(-n2c3ccccc3c3cc(N(c4ccccc4)c4ccccc4)ccc32)c1. The standard InChI is InChI=1S/C55H37N5/c56-38-39-29-32-54(59-50-27-15-13-25-46(50)48-36-44(30-33-52(48)59)57(40-17-5-1-6-18-40)41-19-7-2-8-20-41)55(35-39)60-51-28-16-14-26-47(51)49-37-45(31-34-53(49)60)58(42-21-9-3-10-22-42)43-23-11-4-12-24-43/h1-37H. The molecule has 0 bridgehead atoms. The van der Waals surface area contributed by atoms with E-state index in [-0.39, 0.29) is 0 Å². The van der Waals surface area contributed by atoms with Gasteiger partial charge in [0.2, 0.25) is 0 Å². The topological polar surface area (TPSA) is 40.1 Å². The Balaban J connectivity index is 1.14. The Morgan fingerprint density at radius 2 is 0.667 bits per heavy atom. The van der Waals surface area contributed by atoms with Gasteiger partial charge in [-0.15, -0.1) is 0 Å². The van der Waals surface area contributed by atoms with Gasteiger partial charge in [0.1, 0.15) is 0 Å². The Bertz CT molecular complexity index is 3300. The molecule has 0 aliphatic carbocycles. The summed E-state index contributed by atoms with van der Waals surface area (Å²) in [4.78, 5) is 4.61.